The van der Waals surface area contributed by atoms with E-state index in [0.29, 0.717) is 11.1 Å². The molecule has 0 saturated carbocycles. The fraction of sp³-hybridized carbons (Fsp3) is 0. The van der Waals surface area contributed by atoms with E-state index in [0.717, 1.165) is 22.6 Å². The Morgan fingerprint density at radius 1 is 0.750 bits per heavy atom. The standard InChI is InChI=1S/C27H19N3O2/c28-20-23(22-13-17-27(18-14-22)30(31)32)19-21-11-15-26(16-12-21)29(24-7-3-1-4-8-24)25-9-5-2-6-10-25/h1-19H/b23-19+. The van der Waals surface area contributed by atoms with Crippen LogP contribution in [0.5, 0.6) is 0 Å². The number of nitro benzene ring substituents is 1. The van der Waals surface area contributed by atoms with Crippen LogP contribution in [0.1, 0.15) is 11.1 Å². The molecule has 0 N–H and O–H groups in total. The summed E-state index contributed by atoms with van der Waals surface area (Å²) in [6, 6.07) is 36.3. The van der Waals surface area contributed by atoms with Crippen molar-refractivity contribution in [3.05, 3.63) is 130 Å². The normalized spacial score (nSPS) is 10.9. The van der Waals surface area contributed by atoms with Gasteiger partial charge >= 0.3 is 0 Å². The molecule has 0 radical (unpaired) electrons. The zero-order chi connectivity index (χ0) is 22.3. The fourth-order valence-electron chi connectivity index (χ4n) is 3.43. The maximum atomic E-state index is 10.9. The van der Waals surface area contributed by atoms with Gasteiger partial charge < -0.3 is 4.90 Å². The molecule has 5 heteroatoms. The zero-order valence-corrected chi connectivity index (χ0v) is 17.1. The zero-order valence-electron chi connectivity index (χ0n) is 17.1. The Labute approximate surface area is 186 Å². The number of benzene rings is 4. The first kappa shape index (κ1) is 20.6. The third kappa shape index (κ3) is 4.55. The van der Waals surface area contributed by atoms with Gasteiger partial charge in [-0.05, 0) is 65.7 Å². The lowest BCUT2D eigenvalue weighted by Crippen LogP contribution is -2.09. The summed E-state index contributed by atoms with van der Waals surface area (Å²) in [5.74, 6) is 0. The van der Waals surface area contributed by atoms with Crippen molar-refractivity contribution in [3.63, 3.8) is 0 Å². The molecule has 0 atom stereocenters. The van der Waals surface area contributed by atoms with Crippen LogP contribution >= 0.6 is 0 Å². The molecule has 0 aromatic heterocycles. The summed E-state index contributed by atoms with van der Waals surface area (Å²) >= 11 is 0. The van der Waals surface area contributed by atoms with E-state index in [1.165, 1.54) is 12.1 Å². The van der Waals surface area contributed by atoms with Gasteiger partial charge in [-0.3, -0.25) is 10.1 Å². The summed E-state index contributed by atoms with van der Waals surface area (Å²) in [5.41, 5.74) is 5.03. The van der Waals surface area contributed by atoms with Crippen molar-refractivity contribution in [3.8, 4) is 6.07 Å². The van der Waals surface area contributed by atoms with Gasteiger partial charge in [0.05, 0.1) is 16.6 Å². The minimum absolute atomic E-state index is 0.00249. The van der Waals surface area contributed by atoms with Crippen LogP contribution < -0.4 is 4.90 Å². The molecule has 0 aliphatic heterocycles. The predicted octanol–water partition coefficient (Wildman–Crippen LogP) is 7.13. The van der Waals surface area contributed by atoms with Crippen molar-refractivity contribution < 1.29 is 4.92 Å². The number of allylic oxidation sites excluding steroid dienone is 1. The van der Waals surface area contributed by atoms with Gasteiger partial charge in [-0.2, -0.15) is 5.26 Å². The van der Waals surface area contributed by atoms with Gasteiger partial charge in [0, 0.05) is 29.2 Å². The second kappa shape index (κ2) is 9.41. The van der Waals surface area contributed by atoms with Gasteiger partial charge in [0.25, 0.3) is 5.69 Å². The summed E-state index contributed by atoms with van der Waals surface area (Å²) < 4.78 is 0. The third-order valence-corrected chi connectivity index (χ3v) is 5.00. The van der Waals surface area contributed by atoms with Crippen LogP contribution in [0.3, 0.4) is 0 Å². The SMILES string of the molecule is N#C/C(=C\c1ccc(N(c2ccccc2)c2ccccc2)cc1)c1ccc([N+](=O)[O-])cc1. The van der Waals surface area contributed by atoms with Gasteiger partial charge in [0.2, 0.25) is 0 Å². The fourth-order valence-corrected chi connectivity index (χ4v) is 3.43. The summed E-state index contributed by atoms with van der Waals surface area (Å²) in [7, 11) is 0. The number of nitriles is 1. The molecule has 0 spiro atoms. The van der Waals surface area contributed by atoms with Crippen LogP contribution in [0, 0.1) is 21.4 Å². The molecule has 5 nitrogen and oxygen atoms in total. The Kier molecular flexibility index (Phi) is 6.05. The van der Waals surface area contributed by atoms with Crippen LogP contribution in [0.2, 0.25) is 0 Å². The maximum Gasteiger partial charge on any atom is 0.269 e. The van der Waals surface area contributed by atoms with Crippen LogP contribution in [0.4, 0.5) is 22.7 Å². The van der Waals surface area contributed by atoms with Gasteiger partial charge in [-0.25, -0.2) is 0 Å². The number of para-hydroxylation sites is 2. The van der Waals surface area contributed by atoms with Crippen LogP contribution in [-0.2, 0) is 0 Å². The monoisotopic (exact) mass is 417 g/mol. The average Bonchev–Trinajstić information content (AvgIpc) is 2.85. The largest absolute Gasteiger partial charge is 0.311 e. The number of nitro groups is 1. The Bertz CT molecular complexity index is 1240. The quantitative estimate of drug-likeness (QED) is 0.145. The highest BCUT2D eigenvalue weighted by molar-refractivity contribution is 5.90. The second-order valence-electron chi connectivity index (χ2n) is 7.07. The van der Waals surface area contributed by atoms with Gasteiger partial charge in [0.15, 0.2) is 0 Å². The first-order chi connectivity index (χ1) is 15.7. The van der Waals surface area contributed by atoms with Crippen molar-refractivity contribution in [1.82, 2.24) is 0 Å². The van der Waals surface area contributed by atoms with Crippen molar-refractivity contribution in [2.24, 2.45) is 0 Å². The molecule has 0 heterocycles. The molecule has 0 aliphatic rings. The molecule has 0 amide bonds. The van der Waals surface area contributed by atoms with Crippen LogP contribution in [0.15, 0.2) is 109 Å². The minimum Gasteiger partial charge on any atom is -0.311 e. The molecule has 4 rings (SSSR count). The molecule has 4 aromatic carbocycles. The van der Waals surface area contributed by atoms with E-state index < -0.39 is 4.92 Å². The first-order valence-corrected chi connectivity index (χ1v) is 10.0. The second-order valence-corrected chi connectivity index (χ2v) is 7.07. The van der Waals surface area contributed by atoms with Gasteiger partial charge in [-0.15, -0.1) is 0 Å². The highest BCUT2D eigenvalue weighted by atomic mass is 16.6. The Morgan fingerprint density at radius 3 is 1.72 bits per heavy atom. The molecule has 154 valence electrons. The predicted molar refractivity (Wildman–Crippen MR) is 128 cm³/mol. The van der Waals surface area contributed by atoms with E-state index in [4.69, 9.17) is 0 Å². The van der Waals surface area contributed by atoms with Crippen molar-refractivity contribution in [2.45, 2.75) is 0 Å². The number of nitrogens with zero attached hydrogens (tertiary/aromatic N) is 3. The highest BCUT2D eigenvalue weighted by Crippen LogP contribution is 2.34. The Balaban J connectivity index is 1.66. The lowest BCUT2D eigenvalue weighted by molar-refractivity contribution is -0.384. The van der Waals surface area contributed by atoms with Crippen molar-refractivity contribution in [2.75, 3.05) is 4.90 Å². The summed E-state index contributed by atoms with van der Waals surface area (Å²) in [4.78, 5) is 12.6. The first-order valence-electron chi connectivity index (χ1n) is 10.0. The van der Waals surface area contributed by atoms with E-state index in [1.807, 2.05) is 60.7 Å². The molecule has 0 bridgehead atoms. The van der Waals surface area contributed by atoms with Crippen LogP contribution in [0.25, 0.3) is 11.6 Å². The Morgan fingerprint density at radius 2 is 1.25 bits per heavy atom. The van der Waals surface area contributed by atoms with E-state index in [1.54, 1.807) is 18.2 Å². The van der Waals surface area contributed by atoms with Gasteiger partial charge in [-0.1, -0.05) is 48.5 Å². The maximum absolute atomic E-state index is 10.9. The molecule has 0 saturated heterocycles. The number of hydrogen-bond donors (Lipinski definition) is 0. The molecule has 0 aliphatic carbocycles. The average molecular weight is 417 g/mol. The van der Waals surface area contributed by atoms with Gasteiger partial charge in [0.1, 0.15) is 0 Å². The summed E-state index contributed by atoms with van der Waals surface area (Å²) in [6.45, 7) is 0. The Hall–Kier alpha value is -4.69. The number of anilines is 3. The lowest BCUT2D eigenvalue weighted by atomic mass is 10.0. The topological polar surface area (TPSA) is 70.2 Å². The molecular formula is C27H19N3O2. The van der Waals surface area contributed by atoms with E-state index in [2.05, 4.69) is 35.2 Å². The van der Waals surface area contributed by atoms with Crippen LogP contribution in [-0.4, -0.2) is 4.92 Å². The smallest absolute Gasteiger partial charge is 0.269 e. The van der Waals surface area contributed by atoms with Crippen molar-refractivity contribution >= 4 is 34.4 Å². The van der Waals surface area contributed by atoms with E-state index in [9.17, 15) is 15.4 Å². The van der Waals surface area contributed by atoms with Crippen molar-refractivity contribution in [1.29, 1.82) is 5.26 Å². The summed E-state index contributed by atoms with van der Waals surface area (Å²) in [6.07, 6.45) is 1.78. The summed E-state index contributed by atoms with van der Waals surface area (Å²) in [5, 5.41) is 20.5. The molecular weight excluding hydrogens is 398 g/mol. The lowest BCUT2D eigenvalue weighted by Gasteiger charge is -2.25. The molecule has 32 heavy (non-hydrogen) atoms. The third-order valence-electron chi connectivity index (χ3n) is 5.00. The number of non-ortho nitro benzene ring substituents is 1. The molecule has 4 aromatic rings. The molecule has 0 fully saturated rings. The highest BCUT2D eigenvalue weighted by Gasteiger charge is 2.12. The van der Waals surface area contributed by atoms with E-state index in [-0.39, 0.29) is 5.69 Å². The minimum atomic E-state index is -0.455. The number of hydrogen-bond acceptors (Lipinski definition) is 4. The van der Waals surface area contributed by atoms with E-state index >= 15 is 0 Å². The number of rotatable bonds is 6. The molecule has 0 unspecified atom stereocenters.